The van der Waals surface area contributed by atoms with Gasteiger partial charge in [0, 0.05) is 18.8 Å². The third-order valence-corrected chi connectivity index (χ3v) is 3.27. The smallest absolute Gasteiger partial charge is 0.229 e. The van der Waals surface area contributed by atoms with Crippen molar-refractivity contribution in [3.8, 4) is 6.07 Å². The summed E-state index contributed by atoms with van der Waals surface area (Å²) in [6.45, 7) is 1.91. The topological polar surface area (TPSA) is 62.7 Å². The molecule has 0 fully saturated rings. The zero-order chi connectivity index (χ0) is 14.5. The summed E-state index contributed by atoms with van der Waals surface area (Å²) in [5, 5.41) is 12.5. The van der Waals surface area contributed by atoms with E-state index < -0.39 is 5.82 Å². The summed E-state index contributed by atoms with van der Waals surface area (Å²) < 4.78 is 18.9. The molecule has 0 aliphatic rings. The first-order chi connectivity index (χ1) is 9.61. The first kappa shape index (κ1) is 14.5. The molecule has 0 saturated carbocycles. The maximum atomic E-state index is 13.8. The lowest BCUT2D eigenvalue weighted by atomic mass is 10.1. The highest BCUT2D eigenvalue weighted by atomic mass is 35.5. The van der Waals surface area contributed by atoms with Crippen LogP contribution in [0, 0.1) is 17.1 Å². The minimum absolute atomic E-state index is 0.0140. The lowest BCUT2D eigenvalue weighted by Gasteiger charge is -2.02. The number of rotatable bonds is 5. The summed E-state index contributed by atoms with van der Waals surface area (Å²) in [6.07, 6.45) is 1.31. The number of nitriles is 1. The van der Waals surface area contributed by atoms with Crippen molar-refractivity contribution in [3.63, 3.8) is 0 Å². The average molecular weight is 294 g/mol. The lowest BCUT2D eigenvalue weighted by molar-refractivity contribution is 0.351. The standard InChI is InChI=1S/C14H13ClFN3O/c1-9(4-3-7-17)14-18-12(19-20-14)8-10-5-2-6-11(15)13(10)16/h2,5-6,9H,3-4,8H2,1H3. The van der Waals surface area contributed by atoms with Crippen LogP contribution < -0.4 is 0 Å². The number of benzene rings is 1. The van der Waals surface area contributed by atoms with Gasteiger partial charge in [0.05, 0.1) is 11.1 Å². The maximum Gasteiger partial charge on any atom is 0.229 e. The molecule has 1 atom stereocenters. The molecule has 104 valence electrons. The molecule has 1 aromatic heterocycles. The Morgan fingerprint density at radius 3 is 3.05 bits per heavy atom. The predicted octanol–water partition coefficient (Wildman–Crippen LogP) is 3.86. The van der Waals surface area contributed by atoms with E-state index >= 15 is 0 Å². The van der Waals surface area contributed by atoms with Gasteiger partial charge < -0.3 is 4.52 Å². The molecule has 0 spiro atoms. The van der Waals surface area contributed by atoms with Crippen LogP contribution in [-0.4, -0.2) is 10.1 Å². The van der Waals surface area contributed by atoms with E-state index in [1.165, 1.54) is 6.07 Å². The number of nitrogens with zero attached hydrogens (tertiary/aromatic N) is 3. The molecule has 0 radical (unpaired) electrons. The molecule has 0 amide bonds. The Morgan fingerprint density at radius 2 is 2.30 bits per heavy atom. The van der Waals surface area contributed by atoms with Crippen LogP contribution in [0.5, 0.6) is 0 Å². The third kappa shape index (κ3) is 3.34. The van der Waals surface area contributed by atoms with E-state index in [1.807, 2.05) is 6.92 Å². The second kappa shape index (κ2) is 6.49. The zero-order valence-corrected chi connectivity index (χ0v) is 11.7. The monoisotopic (exact) mass is 293 g/mol. The number of hydrogen-bond donors (Lipinski definition) is 0. The Morgan fingerprint density at radius 1 is 1.50 bits per heavy atom. The van der Waals surface area contributed by atoms with Crippen molar-refractivity contribution in [3.05, 3.63) is 46.3 Å². The predicted molar refractivity (Wildman–Crippen MR) is 71.8 cm³/mol. The van der Waals surface area contributed by atoms with Crippen LogP contribution in [0.25, 0.3) is 0 Å². The molecule has 6 heteroatoms. The second-order valence-electron chi connectivity index (χ2n) is 4.54. The fourth-order valence-corrected chi connectivity index (χ4v) is 1.99. The van der Waals surface area contributed by atoms with E-state index in [-0.39, 0.29) is 17.4 Å². The molecule has 1 unspecified atom stereocenters. The van der Waals surface area contributed by atoms with Crippen LogP contribution in [0.1, 0.15) is 43.0 Å². The quantitative estimate of drug-likeness (QED) is 0.839. The Bertz CT molecular complexity index is 636. The first-order valence-corrected chi connectivity index (χ1v) is 6.62. The highest BCUT2D eigenvalue weighted by Crippen LogP contribution is 2.22. The summed E-state index contributed by atoms with van der Waals surface area (Å²) in [7, 11) is 0. The van der Waals surface area contributed by atoms with Gasteiger partial charge in [-0.3, -0.25) is 0 Å². The number of halogens is 2. The molecule has 0 N–H and O–H groups in total. The third-order valence-electron chi connectivity index (χ3n) is 2.97. The largest absolute Gasteiger partial charge is 0.339 e. The van der Waals surface area contributed by atoms with Crippen molar-refractivity contribution in [1.29, 1.82) is 5.26 Å². The van der Waals surface area contributed by atoms with Gasteiger partial charge in [-0.05, 0) is 18.1 Å². The van der Waals surface area contributed by atoms with Gasteiger partial charge in [-0.2, -0.15) is 10.2 Å². The van der Waals surface area contributed by atoms with E-state index in [0.717, 1.165) is 0 Å². The van der Waals surface area contributed by atoms with Crippen molar-refractivity contribution < 1.29 is 8.91 Å². The first-order valence-electron chi connectivity index (χ1n) is 6.24. The molecule has 1 aromatic carbocycles. The minimum atomic E-state index is -0.460. The van der Waals surface area contributed by atoms with Gasteiger partial charge in [-0.25, -0.2) is 4.39 Å². The van der Waals surface area contributed by atoms with Crippen LogP contribution in [0.15, 0.2) is 22.7 Å². The van der Waals surface area contributed by atoms with Gasteiger partial charge >= 0.3 is 0 Å². The van der Waals surface area contributed by atoms with Crippen molar-refractivity contribution >= 4 is 11.6 Å². The van der Waals surface area contributed by atoms with Crippen LogP contribution in [0.4, 0.5) is 4.39 Å². The van der Waals surface area contributed by atoms with E-state index in [1.54, 1.807) is 12.1 Å². The molecular weight excluding hydrogens is 281 g/mol. The summed E-state index contributed by atoms with van der Waals surface area (Å²) >= 11 is 5.72. The van der Waals surface area contributed by atoms with Crippen LogP contribution in [0.2, 0.25) is 5.02 Å². The van der Waals surface area contributed by atoms with Crippen molar-refractivity contribution in [1.82, 2.24) is 10.1 Å². The zero-order valence-electron chi connectivity index (χ0n) is 10.9. The number of hydrogen-bond acceptors (Lipinski definition) is 4. The van der Waals surface area contributed by atoms with Gasteiger partial charge in [-0.1, -0.05) is 35.8 Å². The van der Waals surface area contributed by atoms with Gasteiger partial charge in [0.15, 0.2) is 5.82 Å². The molecule has 0 bridgehead atoms. The van der Waals surface area contributed by atoms with E-state index in [0.29, 0.717) is 30.1 Å². The molecule has 0 aliphatic carbocycles. The molecule has 4 nitrogen and oxygen atoms in total. The molecule has 0 saturated heterocycles. The maximum absolute atomic E-state index is 13.8. The molecule has 2 rings (SSSR count). The fraction of sp³-hybridized carbons (Fsp3) is 0.357. The number of aromatic nitrogens is 2. The van der Waals surface area contributed by atoms with E-state index in [9.17, 15) is 4.39 Å². The van der Waals surface area contributed by atoms with Gasteiger partial charge in [0.2, 0.25) is 5.89 Å². The molecular formula is C14H13ClFN3O. The summed E-state index contributed by atoms with van der Waals surface area (Å²) in [5.41, 5.74) is 0.425. The van der Waals surface area contributed by atoms with Crippen molar-refractivity contribution in [2.45, 2.75) is 32.1 Å². The molecule has 1 heterocycles. The normalized spacial score (nSPS) is 12.1. The average Bonchev–Trinajstić information content (AvgIpc) is 2.90. The summed E-state index contributed by atoms with van der Waals surface area (Å²) in [6, 6.07) is 6.88. The Hall–Kier alpha value is -1.93. The Kier molecular flexibility index (Phi) is 4.70. The van der Waals surface area contributed by atoms with Crippen molar-refractivity contribution in [2.75, 3.05) is 0 Å². The SMILES string of the molecule is CC(CCC#N)c1nc(Cc2cccc(Cl)c2F)no1. The van der Waals surface area contributed by atoms with Crippen LogP contribution in [-0.2, 0) is 6.42 Å². The summed E-state index contributed by atoms with van der Waals surface area (Å²) in [5.74, 6) is 0.431. The van der Waals surface area contributed by atoms with E-state index in [4.69, 9.17) is 21.4 Å². The Labute approximate surface area is 121 Å². The summed E-state index contributed by atoms with van der Waals surface area (Å²) in [4.78, 5) is 4.23. The molecule has 20 heavy (non-hydrogen) atoms. The van der Waals surface area contributed by atoms with Crippen LogP contribution >= 0.6 is 11.6 Å². The van der Waals surface area contributed by atoms with Crippen LogP contribution in [0.3, 0.4) is 0 Å². The highest BCUT2D eigenvalue weighted by Gasteiger charge is 2.15. The fourth-order valence-electron chi connectivity index (χ4n) is 1.80. The van der Waals surface area contributed by atoms with Gasteiger partial charge in [0.25, 0.3) is 0 Å². The lowest BCUT2D eigenvalue weighted by Crippen LogP contribution is -1.97. The van der Waals surface area contributed by atoms with E-state index in [2.05, 4.69) is 16.2 Å². The van der Waals surface area contributed by atoms with Crippen molar-refractivity contribution in [2.24, 2.45) is 0 Å². The Balaban J connectivity index is 2.10. The molecule has 0 aliphatic heterocycles. The van der Waals surface area contributed by atoms with Gasteiger partial charge in [0.1, 0.15) is 5.82 Å². The minimum Gasteiger partial charge on any atom is -0.339 e. The van der Waals surface area contributed by atoms with Gasteiger partial charge in [-0.15, -0.1) is 0 Å². The second-order valence-corrected chi connectivity index (χ2v) is 4.94. The highest BCUT2D eigenvalue weighted by molar-refractivity contribution is 6.30. The molecule has 2 aromatic rings.